The van der Waals surface area contributed by atoms with Gasteiger partial charge in [-0.05, 0) is 23.8 Å². The number of rotatable bonds is 2. The van der Waals surface area contributed by atoms with Crippen molar-refractivity contribution in [1.29, 1.82) is 0 Å². The number of nitrogen functional groups attached to an aromatic ring is 1. The maximum Gasteiger partial charge on any atom is 0.435 e. The molecule has 0 fully saturated rings. The summed E-state index contributed by atoms with van der Waals surface area (Å²) in [5, 5.41) is 3.48. The molecule has 3 nitrogen and oxygen atoms in total. The Morgan fingerprint density at radius 1 is 1.28 bits per heavy atom. The van der Waals surface area contributed by atoms with Crippen LogP contribution < -0.4 is 5.73 Å². The van der Waals surface area contributed by atoms with Crippen LogP contribution in [0.15, 0.2) is 34.9 Å². The highest BCUT2D eigenvalue weighted by molar-refractivity contribution is 9.10. The van der Waals surface area contributed by atoms with Gasteiger partial charge in [-0.1, -0.05) is 22.0 Å². The Kier molecular flexibility index (Phi) is 3.34. The van der Waals surface area contributed by atoms with E-state index in [1.807, 2.05) is 0 Å². The van der Waals surface area contributed by atoms with E-state index in [1.54, 1.807) is 18.2 Å². The molecular formula is C11H9BrF3N3. The molecule has 2 rings (SSSR count). The minimum Gasteiger partial charge on any atom is -0.399 e. The van der Waals surface area contributed by atoms with E-state index in [2.05, 4.69) is 21.0 Å². The van der Waals surface area contributed by atoms with Crippen molar-refractivity contribution >= 4 is 21.6 Å². The molecule has 0 spiro atoms. The van der Waals surface area contributed by atoms with E-state index >= 15 is 0 Å². The molecule has 2 aromatic rings. The minimum atomic E-state index is -4.41. The maximum absolute atomic E-state index is 12.4. The predicted molar refractivity (Wildman–Crippen MR) is 64.9 cm³/mol. The summed E-state index contributed by atoms with van der Waals surface area (Å²) < 4.78 is 39.1. The quantitative estimate of drug-likeness (QED) is 0.863. The van der Waals surface area contributed by atoms with Crippen LogP contribution in [0.4, 0.5) is 18.9 Å². The normalized spacial score (nSPS) is 11.8. The zero-order valence-corrected chi connectivity index (χ0v) is 10.7. The van der Waals surface area contributed by atoms with Crippen molar-refractivity contribution in [1.82, 2.24) is 9.78 Å². The Balaban J connectivity index is 2.21. The van der Waals surface area contributed by atoms with Gasteiger partial charge in [0.15, 0.2) is 5.69 Å². The first-order valence-electron chi connectivity index (χ1n) is 5.01. The van der Waals surface area contributed by atoms with Gasteiger partial charge < -0.3 is 5.73 Å². The molecule has 1 heterocycles. The molecule has 0 saturated carbocycles. The third-order valence-corrected chi connectivity index (χ3v) is 3.08. The molecule has 0 saturated heterocycles. The molecule has 0 atom stereocenters. The van der Waals surface area contributed by atoms with Crippen LogP contribution in [0, 0.1) is 0 Å². The van der Waals surface area contributed by atoms with Crippen molar-refractivity contribution in [3.8, 4) is 0 Å². The Morgan fingerprint density at radius 2 is 2.00 bits per heavy atom. The molecule has 96 valence electrons. The maximum atomic E-state index is 12.4. The average Bonchev–Trinajstić information content (AvgIpc) is 2.70. The Bertz CT molecular complexity index is 563. The lowest BCUT2D eigenvalue weighted by Gasteiger charge is -2.06. The number of alkyl halides is 3. The van der Waals surface area contributed by atoms with E-state index in [0.717, 1.165) is 16.1 Å². The smallest absolute Gasteiger partial charge is 0.399 e. The Hall–Kier alpha value is -1.50. The molecule has 0 bridgehead atoms. The van der Waals surface area contributed by atoms with Crippen molar-refractivity contribution < 1.29 is 13.2 Å². The van der Waals surface area contributed by atoms with E-state index < -0.39 is 11.9 Å². The molecule has 0 aliphatic heterocycles. The fourth-order valence-electron chi connectivity index (χ4n) is 1.47. The molecule has 0 amide bonds. The SMILES string of the molecule is Nc1ccc(Cn2ccc(C(F)(F)F)n2)c(Br)c1. The van der Waals surface area contributed by atoms with E-state index in [9.17, 15) is 13.2 Å². The number of benzene rings is 1. The van der Waals surface area contributed by atoms with Crippen LogP contribution in [0.3, 0.4) is 0 Å². The number of aromatic nitrogens is 2. The fourth-order valence-corrected chi connectivity index (χ4v) is 1.99. The van der Waals surface area contributed by atoms with Crippen LogP contribution in [0.2, 0.25) is 0 Å². The largest absolute Gasteiger partial charge is 0.435 e. The van der Waals surface area contributed by atoms with Gasteiger partial charge in [-0.2, -0.15) is 18.3 Å². The lowest BCUT2D eigenvalue weighted by atomic mass is 10.2. The number of nitrogens with zero attached hydrogens (tertiary/aromatic N) is 2. The van der Waals surface area contributed by atoms with Crippen LogP contribution in [0.5, 0.6) is 0 Å². The summed E-state index contributed by atoms with van der Waals surface area (Å²) >= 11 is 3.31. The molecule has 1 aromatic heterocycles. The van der Waals surface area contributed by atoms with E-state index in [1.165, 1.54) is 10.9 Å². The Labute approximate surface area is 110 Å². The average molecular weight is 320 g/mol. The zero-order valence-electron chi connectivity index (χ0n) is 9.08. The minimum absolute atomic E-state index is 0.247. The number of hydrogen-bond donors (Lipinski definition) is 1. The highest BCUT2D eigenvalue weighted by Crippen LogP contribution is 2.27. The van der Waals surface area contributed by atoms with Crippen LogP contribution >= 0.6 is 15.9 Å². The van der Waals surface area contributed by atoms with Crippen molar-refractivity contribution in [2.24, 2.45) is 0 Å². The molecular weight excluding hydrogens is 311 g/mol. The van der Waals surface area contributed by atoms with Gasteiger partial charge in [0.05, 0.1) is 6.54 Å². The number of anilines is 1. The zero-order chi connectivity index (χ0) is 13.3. The van der Waals surface area contributed by atoms with Crippen molar-refractivity contribution in [2.45, 2.75) is 12.7 Å². The first kappa shape index (κ1) is 12.9. The van der Waals surface area contributed by atoms with E-state index in [4.69, 9.17) is 5.73 Å². The van der Waals surface area contributed by atoms with E-state index in [-0.39, 0.29) is 6.54 Å². The summed E-state index contributed by atoms with van der Waals surface area (Å²) in [5.74, 6) is 0. The lowest BCUT2D eigenvalue weighted by Crippen LogP contribution is -2.08. The first-order valence-corrected chi connectivity index (χ1v) is 5.80. The van der Waals surface area contributed by atoms with Crippen LogP contribution in [-0.4, -0.2) is 9.78 Å². The first-order chi connectivity index (χ1) is 8.36. The molecule has 0 aliphatic carbocycles. The van der Waals surface area contributed by atoms with Crippen molar-refractivity contribution in [3.05, 3.63) is 46.2 Å². The van der Waals surface area contributed by atoms with Gasteiger partial charge in [-0.15, -0.1) is 0 Å². The molecule has 2 N–H and O–H groups in total. The number of nitrogens with two attached hydrogens (primary N) is 1. The lowest BCUT2D eigenvalue weighted by molar-refractivity contribution is -0.141. The second-order valence-electron chi connectivity index (χ2n) is 3.75. The molecule has 18 heavy (non-hydrogen) atoms. The fraction of sp³-hybridized carbons (Fsp3) is 0.182. The van der Waals surface area contributed by atoms with Crippen molar-refractivity contribution in [2.75, 3.05) is 5.73 Å². The van der Waals surface area contributed by atoms with Gasteiger partial charge in [0.2, 0.25) is 0 Å². The summed E-state index contributed by atoms with van der Waals surface area (Å²) in [6.45, 7) is 0.247. The second kappa shape index (κ2) is 4.64. The molecule has 0 radical (unpaired) electrons. The third-order valence-electron chi connectivity index (χ3n) is 2.34. The van der Waals surface area contributed by atoms with Gasteiger partial charge in [0.25, 0.3) is 0 Å². The van der Waals surface area contributed by atoms with Crippen molar-refractivity contribution in [3.63, 3.8) is 0 Å². The van der Waals surface area contributed by atoms with Gasteiger partial charge in [0.1, 0.15) is 0 Å². The highest BCUT2D eigenvalue weighted by atomic mass is 79.9. The predicted octanol–water partition coefficient (Wildman–Crippen LogP) is 3.29. The molecule has 0 aliphatic rings. The number of halogens is 4. The molecule has 0 unspecified atom stereocenters. The Morgan fingerprint density at radius 3 is 2.56 bits per heavy atom. The topological polar surface area (TPSA) is 43.8 Å². The number of hydrogen-bond acceptors (Lipinski definition) is 2. The van der Waals surface area contributed by atoms with E-state index in [0.29, 0.717) is 5.69 Å². The molecule has 7 heteroatoms. The summed E-state index contributed by atoms with van der Waals surface area (Å²) in [6, 6.07) is 6.08. The monoisotopic (exact) mass is 319 g/mol. The second-order valence-corrected chi connectivity index (χ2v) is 4.60. The van der Waals surface area contributed by atoms with Gasteiger partial charge in [-0.3, -0.25) is 4.68 Å². The highest BCUT2D eigenvalue weighted by Gasteiger charge is 2.33. The summed E-state index contributed by atoms with van der Waals surface area (Å²) in [7, 11) is 0. The van der Waals surface area contributed by atoms with Crippen LogP contribution in [0.1, 0.15) is 11.3 Å². The van der Waals surface area contributed by atoms with Crippen LogP contribution in [-0.2, 0) is 12.7 Å². The van der Waals surface area contributed by atoms with Crippen LogP contribution in [0.25, 0.3) is 0 Å². The molecule has 1 aromatic carbocycles. The third kappa shape index (κ3) is 2.84. The van der Waals surface area contributed by atoms with Gasteiger partial charge >= 0.3 is 6.18 Å². The summed E-state index contributed by atoms with van der Waals surface area (Å²) in [5.41, 5.74) is 6.08. The standard InChI is InChI=1S/C11H9BrF3N3/c12-9-5-8(16)2-1-7(9)6-18-4-3-10(17-18)11(13,14)15/h1-5H,6,16H2. The van der Waals surface area contributed by atoms with Gasteiger partial charge in [0, 0.05) is 16.4 Å². The summed E-state index contributed by atoms with van der Waals surface area (Å²) in [6.07, 6.45) is -3.12. The van der Waals surface area contributed by atoms with Gasteiger partial charge in [-0.25, -0.2) is 0 Å². The summed E-state index contributed by atoms with van der Waals surface area (Å²) in [4.78, 5) is 0.